The highest BCUT2D eigenvalue weighted by atomic mass is 16.6. The fourth-order valence-electron chi connectivity index (χ4n) is 3.68. The molecule has 0 unspecified atom stereocenters. The molecule has 1 amide bonds. The molecule has 0 fully saturated rings. The second-order valence-corrected chi connectivity index (χ2v) is 7.09. The van der Waals surface area contributed by atoms with Crippen molar-refractivity contribution in [2.24, 2.45) is 0 Å². The SMILES string of the molecule is O=C(CCc1nc2ccccc2n1-c1ccccc1)Nc1ccc2c(c1)OCCO2. The molecule has 5 rings (SSSR count). The van der Waals surface area contributed by atoms with Gasteiger partial charge in [0.2, 0.25) is 5.91 Å². The first-order chi connectivity index (χ1) is 14.8. The Balaban J connectivity index is 1.34. The van der Waals surface area contributed by atoms with E-state index in [0.717, 1.165) is 22.5 Å². The average molecular weight is 399 g/mol. The van der Waals surface area contributed by atoms with Gasteiger partial charge in [0, 0.05) is 30.3 Å². The lowest BCUT2D eigenvalue weighted by Crippen LogP contribution is -2.17. The minimum absolute atomic E-state index is 0.0710. The first-order valence-corrected chi connectivity index (χ1v) is 9.99. The zero-order valence-electron chi connectivity index (χ0n) is 16.4. The summed E-state index contributed by atoms with van der Waals surface area (Å²) in [5, 5.41) is 2.94. The van der Waals surface area contributed by atoms with Gasteiger partial charge in [0.15, 0.2) is 11.5 Å². The van der Waals surface area contributed by atoms with Gasteiger partial charge >= 0.3 is 0 Å². The number of anilines is 1. The molecule has 0 spiro atoms. The summed E-state index contributed by atoms with van der Waals surface area (Å²) < 4.78 is 13.2. The van der Waals surface area contributed by atoms with Gasteiger partial charge in [0.25, 0.3) is 0 Å². The van der Waals surface area contributed by atoms with Crippen LogP contribution in [0.2, 0.25) is 0 Å². The van der Waals surface area contributed by atoms with Crippen LogP contribution in [0.25, 0.3) is 16.7 Å². The maximum atomic E-state index is 12.6. The lowest BCUT2D eigenvalue weighted by atomic mass is 10.2. The first-order valence-electron chi connectivity index (χ1n) is 9.99. The number of para-hydroxylation sites is 3. The molecule has 0 bridgehead atoms. The molecule has 6 heteroatoms. The van der Waals surface area contributed by atoms with E-state index in [4.69, 9.17) is 14.5 Å². The van der Waals surface area contributed by atoms with Crippen LogP contribution in [-0.2, 0) is 11.2 Å². The smallest absolute Gasteiger partial charge is 0.224 e. The Morgan fingerprint density at radius 1 is 0.933 bits per heavy atom. The van der Waals surface area contributed by atoms with Gasteiger partial charge in [-0.3, -0.25) is 9.36 Å². The van der Waals surface area contributed by atoms with Gasteiger partial charge in [-0.15, -0.1) is 0 Å². The number of imidazole rings is 1. The summed E-state index contributed by atoms with van der Waals surface area (Å²) in [4.78, 5) is 17.4. The van der Waals surface area contributed by atoms with Crippen molar-refractivity contribution < 1.29 is 14.3 Å². The number of hydrogen-bond donors (Lipinski definition) is 1. The summed E-state index contributed by atoms with van der Waals surface area (Å²) >= 11 is 0. The molecule has 6 nitrogen and oxygen atoms in total. The lowest BCUT2D eigenvalue weighted by Gasteiger charge is -2.19. The Morgan fingerprint density at radius 3 is 2.57 bits per heavy atom. The fraction of sp³-hybridized carbons (Fsp3) is 0.167. The Bertz CT molecular complexity index is 1200. The second kappa shape index (κ2) is 7.91. The molecule has 2 heterocycles. The van der Waals surface area contributed by atoms with E-state index in [1.54, 1.807) is 6.07 Å². The zero-order chi connectivity index (χ0) is 20.3. The summed E-state index contributed by atoms with van der Waals surface area (Å²) in [5.74, 6) is 2.15. The second-order valence-electron chi connectivity index (χ2n) is 7.09. The monoisotopic (exact) mass is 399 g/mol. The molecule has 3 aromatic carbocycles. The quantitative estimate of drug-likeness (QED) is 0.541. The third-order valence-electron chi connectivity index (χ3n) is 5.05. The summed E-state index contributed by atoms with van der Waals surface area (Å²) in [7, 11) is 0. The fourth-order valence-corrected chi connectivity index (χ4v) is 3.68. The number of nitrogens with one attached hydrogen (secondary N) is 1. The number of hydrogen-bond acceptors (Lipinski definition) is 4. The molecule has 0 radical (unpaired) electrons. The summed E-state index contributed by atoms with van der Waals surface area (Å²) in [5.41, 5.74) is 3.68. The molecule has 150 valence electrons. The highest BCUT2D eigenvalue weighted by Crippen LogP contribution is 2.32. The number of amides is 1. The van der Waals surface area contributed by atoms with Crippen molar-refractivity contribution >= 4 is 22.6 Å². The predicted octanol–water partition coefficient (Wildman–Crippen LogP) is 4.37. The summed E-state index contributed by atoms with van der Waals surface area (Å²) in [6.45, 7) is 1.06. The Kier molecular flexibility index (Phi) is 4.81. The maximum absolute atomic E-state index is 12.6. The number of aryl methyl sites for hydroxylation is 1. The van der Waals surface area contributed by atoms with Crippen LogP contribution in [0.4, 0.5) is 5.69 Å². The number of fused-ring (bicyclic) bond motifs is 2. The molecule has 0 saturated carbocycles. The van der Waals surface area contributed by atoms with Crippen LogP contribution < -0.4 is 14.8 Å². The minimum Gasteiger partial charge on any atom is -0.486 e. The van der Waals surface area contributed by atoms with Crippen LogP contribution in [0.15, 0.2) is 72.8 Å². The third-order valence-corrected chi connectivity index (χ3v) is 5.05. The van der Waals surface area contributed by atoms with Gasteiger partial charge in [-0.25, -0.2) is 4.98 Å². The first kappa shape index (κ1) is 18.2. The standard InChI is InChI=1S/C24H21N3O3/c28-24(25-17-10-11-21-22(16-17)30-15-14-29-21)13-12-23-26-19-8-4-5-9-20(19)27(23)18-6-2-1-3-7-18/h1-11,16H,12-15H2,(H,25,28). The minimum atomic E-state index is -0.0710. The predicted molar refractivity (Wildman–Crippen MR) is 115 cm³/mol. The highest BCUT2D eigenvalue weighted by Gasteiger charge is 2.15. The van der Waals surface area contributed by atoms with Crippen LogP contribution >= 0.6 is 0 Å². The molecule has 1 aromatic heterocycles. The van der Waals surface area contributed by atoms with Crippen LogP contribution in [0, 0.1) is 0 Å². The topological polar surface area (TPSA) is 65.4 Å². The van der Waals surface area contributed by atoms with Gasteiger partial charge < -0.3 is 14.8 Å². The van der Waals surface area contributed by atoms with Crippen LogP contribution in [0.1, 0.15) is 12.2 Å². The molecule has 1 aliphatic heterocycles. The van der Waals surface area contributed by atoms with Crippen molar-refractivity contribution in [3.8, 4) is 17.2 Å². The van der Waals surface area contributed by atoms with E-state index in [1.165, 1.54) is 0 Å². The van der Waals surface area contributed by atoms with Crippen molar-refractivity contribution in [2.75, 3.05) is 18.5 Å². The van der Waals surface area contributed by atoms with Crippen LogP contribution in [0.5, 0.6) is 11.5 Å². The van der Waals surface area contributed by atoms with E-state index in [2.05, 4.69) is 9.88 Å². The van der Waals surface area contributed by atoms with Crippen molar-refractivity contribution in [3.63, 3.8) is 0 Å². The maximum Gasteiger partial charge on any atom is 0.224 e. The van der Waals surface area contributed by atoms with Gasteiger partial charge in [0.1, 0.15) is 19.0 Å². The number of ether oxygens (including phenoxy) is 2. The molecule has 0 saturated heterocycles. The van der Waals surface area contributed by atoms with Crippen molar-refractivity contribution in [3.05, 3.63) is 78.6 Å². The van der Waals surface area contributed by atoms with E-state index < -0.39 is 0 Å². The number of carbonyl (C=O) groups is 1. The van der Waals surface area contributed by atoms with E-state index in [-0.39, 0.29) is 5.91 Å². The summed E-state index contributed by atoms with van der Waals surface area (Å²) in [6.07, 6.45) is 0.852. The molecule has 1 aliphatic rings. The molecule has 4 aromatic rings. The summed E-state index contributed by atoms with van der Waals surface area (Å²) in [6, 6.07) is 23.6. The molecular formula is C24H21N3O3. The van der Waals surface area contributed by atoms with Crippen molar-refractivity contribution in [1.29, 1.82) is 0 Å². The van der Waals surface area contributed by atoms with Gasteiger partial charge in [0.05, 0.1) is 11.0 Å². The third kappa shape index (κ3) is 3.59. The number of carbonyl (C=O) groups excluding carboxylic acids is 1. The van der Waals surface area contributed by atoms with Gasteiger partial charge in [-0.05, 0) is 36.4 Å². The molecular weight excluding hydrogens is 378 g/mol. The van der Waals surface area contributed by atoms with Crippen molar-refractivity contribution in [1.82, 2.24) is 9.55 Å². The number of aromatic nitrogens is 2. The van der Waals surface area contributed by atoms with E-state index >= 15 is 0 Å². The van der Waals surface area contributed by atoms with Crippen LogP contribution in [0.3, 0.4) is 0 Å². The number of rotatable bonds is 5. The molecule has 30 heavy (non-hydrogen) atoms. The number of nitrogens with zero attached hydrogens (tertiary/aromatic N) is 2. The van der Waals surface area contributed by atoms with E-state index in [1.807, 2.05) is 66.7 Å². The largest absolute Gasteiger partial charge is 0.486 e. The molecule has 1 N–H and O–H groups in total. The van der Waals surface area contributed by atoms with Crippen molar-refractivity contribution in [2.45, 2.75) is 12.8 Å². The van der Waals surface area contributed by atoms with Gasteiger partial charge in [-0.1, -0.05) is 30.3 Å². The molecule has 0 atom stereocenters. The van der Waals surface area contributed by atoms with E-state index in [0.29, 0.717) is 43.2 Å². The lowest BCUT2D eigenvalue weighted by molar-refractivity contribution is -0.116. The normalized spacial score (nSPS) is 12.7. The zero-order valence-corrected chi connectivity index (χ0v) is 16.4. The Labute approximate surface area is 174 Å². The Morgan fingerprint density at radius 2 is 1.70 bits per heavy atom. The Hall–Kier alpha value is -3.80. The highest BCUT2D eigenvalue weighted by molar-refractivity contribution is 5.91. The van der Waals surface area contributed by atoms with Gasteiger partial charge in [-0.2, -0.15) is 0 Å². The van der Waals surface area contributed by atoms with Crippen LogP contribution in [-0.4, -0.2) is 28.7 Å². The molecule has 0 aliphatic carbocycles. The number of benzene rings is 3. The average Bonchev–Trinajstić information content (AvgIpc) is 3.17. The van der Waals surface area contributed by atoms with E-state index in [9.17, 15) is 4.79 Å².